The fraction of sp³-hybridized carbons (Fsp3) is 0.632. The SMILES string of the molecule is O=C(c1ccccc1)N1CC(S(=O)(=O)N2CCN(C[C@H]3CCOC3)CC2)C1. The van der Waals surface area contributed by atoms with Gasteiger partial charge in [0, 0.05) is 58.0 Å². The topological polar surface area (TPSA) is 70.2 Å². The number of hydrogen-bond donors (Lipinski definition) is 0. The van der Waals surface area contributed by atoms with E-state index in [0.29, 0.717) is 24.6 Å². The molecule has 1 aromatic rings. The Labute approximate surface area is 160 Å². The number of likely N-dealkylation sites (tertiary alicyclic amines) is 1. The molecule has 0 saturated carbocycles. The van der Waals surface area contributed by atoms with Gasteiger partial charge in [-0.2, -0.15) is 4.31 Å². The van der Waals surface area contributed by atoms with Crippen molar-refractivity contribution in [3.05, 3.63) is 35.9 Å². The number of rotatable bonds is 5. The molecule has 1 atom stereocenters. The molecule has 27 heavy (non-hydrogen) atoms. The monoisotopic (exact) mass is 393 g/mol. The molecule has 3 saturated heterocycles. The molecule has 148 valence electrons. The molecule has 8 heteroatoms. The summed E-state index contributed by atoms with van der Waals surface area (Å²) < 4.78 is 32.8. The molecule has 3 fully saturated rings. The zero-order chi connectivity index (χ0) is 18.9. The van der Waals surface area contributed by atoms with Crippen molar-refractivity contribution in [1.82, 2.24) is 14.1 Å². The largest absolute Gasteiger partial charge is 0.381 e. The number of nitrogens with zero attached hydrogens (tertiary/aromatic N) is 3. The van der Waals surface area contributed by atoms with Crippen LogP contribution in [0.15, 0.2) is 30.3 Å². The summed E-state index contributed by atoms with van der Waals surface area (Å²) in [5.41, 5.74) is 0.609. The summed E-state index contributed by atoms with van der Waals surface area (Å²) in [6, 6.07) is 9.02. The predicted octanol–water partition coefficient (Wildman–Crippen LogP) is 0.495. The maximum Gasteiger partial charge on any atom is 0.253 e. The van der Waals surface area contributed by atoms with Crippen LogP contribution in [0.4, 0.5) is 0 Å². The molecule has 3 aliphatic rings. The third-order valence-electron chi connectivity index (χ3n) is 5.81. The number of sulfonamides is 1. The summed E-state index contributed by atoms with van der Waals surface area (Å²) in [6.07, 6.45) is 1.10. The highest BCUT2D eigenvalue weighted by atomic mass is 32.2. The summed E-state index contributed by atoms with van der Waals surface area (Å²) in [4.78, 5) is 16.3. The van der Waals surface area contributed by atoms with Crippen LogP contribution in [-0.4, -0.2) is 92.7 Å². The summed E-state index contributed by atoms with van der Waals surface area (Å²) in [5, 5.41) is -0.472. The maximum absolute atomic E-state index is 12.9. The number of hydrogen-bond acceptors (Lipinski definition) is 5. The van der Waals surface area contributed by atoms with Crippen molar-refractivity contribution >= 4 is 15.9 Å². The Morgan fingerprint density at radius 2 is 1.78 bits per heavy atom. The van der Waals surface area contributed by atoms with E-state index in [1.54, 1.807) is 21.3 Å². The summed E-state index contributed by atoms with van der Waals surface area (Å²) in [7, 11) is -3.34. The van der Waals surface area contributed by atoms with E-state index in [0.717, 1.165) is 39.3 Å². The lowest BCUT2D eigenvalue weighted by atomic mass is 10.1. The molecule has 0 bridgehead atoms. The Morgan fingerprint density at radius 3 is 2.41 bits per heavy atom. The van der Waals surface area contributed by atoms with Crippen LogP contribution in [0.25, 0.3) is 0 Å². The smallest absolute Gasteiger partial charge is 0.253 e. The molecule has 0 N–H and O–H groups in total. The molecule has 3 aliphatic heterocycles. The van der Waals surface area contributed by atoms with Gasteiger partial charge in [0.1, 0.15) is 5.25 Å². The van der Waals surface area contributed by atoms with E-state index in [1.165, 1.54) is 0 Å². The van der Waals surface area contributed by atoms with Crippen molar-refractivity contribution < 1.29 is 17.9 Å². The highest BCUT2D eigenvalue weighted by Gasteiger charge is 2.43. The lowest BCUT2D eigenvalue weighted by Gasteiger charge is -2.43. The molecule has 1 aromatic carbocycles. The normalized spacial score (nSPS) is 25.5. The number of amides is 1. The minimum atomic E-state index is -3.34. The van der Waals surface area contributed by atoms with Gasteiger partial charge < -0.3 is 14.5 Å². The zero-order valence-corrected chi connectivity index (χ0v) is 16.3. The third kappa shape index (κ3) is 4.03. The van der Waals surface area contributed by atoms with Crippen LogP contribution in [0.5, 0.6) is 0 Å². The Bertz CT molecular complexity index is 750. The van der Waals surface area contributed by atoms with Crippen molar-refractivity contribution in [2.75, 3.05) is 59.0 Å². The quantitative estimate of drug-likeness (QED) is 0.728. The Kier molecular flexibility index (Phi) is 5.50. The standard InChI is InChI=1S/C19H27N3O4S/c23-19(17-4-2-1-3-5-17)21-13-18(14-21)27(24,25)22-9-7-20(8-10-22)12-16-6-11-26-15-16/h1-5,16,18H,6-15H2/t16-/m1/s1. The van der Waals surface area contributed by atoms with Crippen molar-refractivity contribution in [2.24, 2.45) is 5.92 Å². The first-order valence-electron chi connectivity index (χ1n) is 9.67. The van der Waals surface area contributed by atoms with E-state index in [2.05, 4.69) is 4.90 Å². The molecule has 7 nitrogen and oxygen atoms in total. The van der Waals surface area contributed by atoms with E-state index in [4.69, 9.17) is 4.74 Å². The number of ether oxygens (including phenoxy) is 1. The Balaban J connectivity index is 1.27. The molecule has 0 spiro atoms. The van der Waals surface area contributed by atoms with E-state index in [-0.39, 0.29) is 19.0 Å². The summed E-state index contributed by atoms with van der Waals surface area (Å²) >= 11 is 0. The van der Waals surface area contributed by atoms with Crippen LogP contribution in [0, 0.1) is 5.92 Å². The van der Waals surface area contributed by atoms with Crippen LogP contribution >= 0.6 is 0 Å². The minimum absolute atomic E-state index is 0.0920. The maximum atomic E-state index is 12.9. The van der Waals surface area contributed by atoms with E-state index >= 15 is 0 Å². The van der Waals surface area contributed by atoms with Crippen LogP contribution in [0.3, 0.4) is 0 Å². The molecule has 0 radical (unpaired) electrons. The van der Waals surface area contributed by atoms with Crippen LogP contribution < -0.4 is 0 Å². The number of piperazine rings is 1. The number of carbonyl (C=O) groups is 1. The van der Waals surface area contributed by atoms with Crippen LogP contribution in [0.2, 0.25) is 0 Å². The number of carbonyl (C=O) groups excluding carboxylic acids is 1. The van der Waals surface area contributed by atoms with Gasteiger partial charge in [-0.05, 0) is 24.5 Å². The van der Waals surface area contributed by atoms with E-state index < -0.39 is 15.3 Å². The second-order valence-electron chi connectivity index (χ2n) is 7.67. The molecule has 1 amide bonds. The van der Waals surface area contributed by atoms with Gasteiger partial charge in [0.25, 0.3) is 5.91 Å². The minimum Gasteiger partial charge on any atom is -0.381 e. The molecule has 4 rings (SSSR count). The molecular formula is C19H27N3O4S. The van der Waals surface area contributed by atoms with Crippen molar-refractivity contribution in [1.29, 1.82) is 0 Å². The van der Waals surface area contributed by atoms with Gasteiger partial charge in [0.15, 0.2) is 0 Å². The van der Waals surface area contributed by atoms with Crippen LogP contribution in [-0.2, 0) is 14.8 Å². The molecule has 0 aliphatic carbocycles. The molecule has 0 aromatic heterocycles. The summed E-state index contributed by atoms with van der Waals surface area (Å²) in [5.74, 6) is 0.489. The highest BCUT2D eigenvalue weighted by Crippen LogP contribution is 2.23. The van der Waals surface area contributed by atoms with Gasteiger partial charge in [-0.3, -0.25) is 4.79 Å². The number of benzene rings is 1. The summed E-state index contributed by atoms with van der Waals surface area (Å²) in [6.45, 7) is 5.87. The van der Waals surface area contributed by atoms with Gasteiger partial charge in [0.2, 0.25) is 10.0 Å². The second kappa shape index (κ2) is 7.87. The van der Waals surface area contributed by atoms with Gasteiger partial charge in [0.05, 0.1) is 6.61 Å². The molecule has 3 heterocycles. The first kappa shape index (κ1) is 18.9. The van der Waals surface area contributed by atoms with Gasteiger partial charge in [-0.15, -0.1) is 0 Å². The first-order valence-corrected chi connectivity index (χ1v) is 11.2. The zero-order valence-electron chi connectivity index (χ0n) is 15.5. The third-order valence-corrected chi connectivity index (χ3v) is 8.03. The fourth-order valence-electron chi connectivity index (χ4n) is 4.03. The van der Waals surface area contributed by atoms with Crippen molar-refractivity contribution in [2.45, 2.75) is 11.7 Å². The average molecular weight is 394 g/mol. The second-order valence-corrected chi connectivity index (χ2v) is 9.89. The predicted molar refractivity (Wildman–Crippen MR) is 102 cm³/mol. The molecule has 0 unspecified atom stereocenters. The van der Waals surface area contributed by atoms with Gasteiger partial charge in [-0.25, -0.2) is 8.42 Å². The Morgan fingerprint density at radius 1 is 1.07 bits per heavy atom. The average Bonchev–Trinajstić information content (AvgIpc) is 3.14. The highest BCUT2D eigenvalue weighted by molar-refractivity contribution is 7.89. The lowest BCUT2D eigenvalue weighted by Crippen LogP contribution is -2.62. The van der Waals surface area contributed by atoms with Gasteiger partial charge >= 0.3 is 0 Å². The first-order chi connectivity index (χ1) is 13.0. The lowest BCUT2D eigenvalue weighted by molar-refractivity contribution is 0.0652. The van der Waals surface area contributed by atoms with E-state index in [9.17, 15) is 13.2 Å². The van der Waals surface area contributed by atoms with Crippen molar-refractivity contribution in [3.63, 3.8) is 0 Å². The van der Waals surface area contributed by atoms with Crippen LogP contribution in [0.1, 0.15) is 16.8 Å². The fourth-order valence-corrected chi connectivity index (χ4v) is 5.86. The Hall–Kier alpha value is -1.48. The van der Waals surface area contributed by atoms with E-state index in [1.807, 2.05) is 18.2 Å². The van der Waals surface area contributed by atoms with Crippen molar-refractivity contribution in [3.8, 4) is 0 Å². The van der Waals surface area contributed by atoms with Gasteiger partial charge in [-0.1, -0.05) is 18.2 Å². The molecular weight excluding hydrogens is 366 g/mol.